The maximum atomic E-state index is 13.6. The van der Waals surface area contributed by atoms with Crippen LogP contribution in [0.4, 0.5) is 5.00 Å². The van der Waals surface area contributed by atoms with Gasteiger partial charge in [-0.05, 0) is 52.2 Å². The molecule has 0 spiro atoms. The molecule has 0 saturated heterocycles. The number of thiophene rings is 1. The third kappa shape index (κ3) is 3.48. The summed E-state index contributed by atoms with van der Waals surface area (Å²) in [7, 11) is -3.73. The van der Waals surface area contributed by atoms with Crippen molar-refractivity contribution in [2.45, 2.75) is 18.4 Å². The van der Waals surface area contributed by atoms with Crippen molar-refractivity contribution in [1.82, 2.24) is 0 Å². The molecule has 4 aromatic rings. The maximum Gasteiger partial charge on any atom is 0.265 e. The quantitative estimate of drug-likeness (QED) is 0.339. The van der Waals surface area contributed by atoms with Gasteiger partial charge < -0.3 is 0 Å². The second kappa shape index (κ2) is 7.70. The minimum absolute atomic E-state index is 0.273. The number of sulfonamides is 1. The van der Waals surface area contributed by atoms with E-state index in [4.69, 9.17) is 0 Å². The van der Waals surface area contributed by atoms with Gasteiger partial charge in [-0.3, -0.25) is 4.31 Å². The first-order valence-corrected chi connectivity index (χ1v) is 11.8. The Balaban J connectivity index is 1.91. The summed E-state index contributed by atoms with van der Waals surface area (Å²) in [5.41, 5.74) is 2.04. The van der Waals surface area contributed by atoms with Crippen LogP contribution in [0.15, 0.2) is 88.2 Å². The number of halogens is 1. The lowest BCUT2D eigenvalue weighted by molar-refractivity contribution is 0.590. The summed E-state index contributed by atoms with van der Waals surface area (Å²) in [5.74, 6) is 0. The lowest BCUT2D eigenvalue weighted by Crippen LogP contribution is -2.30. The fraction of sp³-hybridized carbons (Fsp3) is 0.0909. The predicted octanol–water partition coefficient (Wildman–Crippen LogP) is 6.37. The van der Waals surface area contributed by atoms with Crippen LogP contribution in [0.5, 0.6) is 0 Å². The van der Waals surface area contributed by atoms with E-state index in [1.54, 1.807) is 24.3 Å². The fourth-order valence-corrected chi connectivity index (χ4v) is 6.92. The smallest absolute Gasteiger partial charge is 0.251 e. The van der Waals surface area contributed by atoms with E-state index in [1.165, 1.54) is 15.6 Å². The van der Waals surface area contributed by atoms with Crippen LogP contribution < -0.4 is 4.31 Å². The SMILES string of the molecule is Cc1ccccc1CN(c1sc2ccccc2c1Br)S(=O)(=O)c1ccccc1. The van der Waals surface area contributed by atoms with Crippen LogP contribution in [0.1, 0.15) is 11.1 Å². The van der Waals surface area contributed by atoms with Crippen LogP contribution in [0.25, 0.3) is 10.1 Å². The number of nitrogens with zero attached hydrogens (tertiary/aromatic N) is 1. The zero-order valence-electron chi connectivity index (χ0n) is 15.2. The topological polar surface area (TPSA) is 37.4 Å². The molecule has 0 amide bonds. The highest BCUT2D eigenvalue weighted by atomic mass is 79.9. The summed E-state index contributed by atoms with van der Waals surface area (Å²) in [6.07, 6.45) is 0. The maximum absolute atomic E-state index is 13.6. The first-order valence-electron chi connectivity index (χ1n) is 8.78. The Morgan fingerprint density at radius 1 is 0.893 bits per heavy atom. The Kier molecular flexibility index (Phi) is 5.27. The number of rotatable bonds is 5. The Morgan fingerprint density at radius 2 is 1.54 bits per heavy atom. The highest BCUT2D eigenvalue weighted by Gasteiger charge is 2.29. The van der Waals surface area contributed by atoms with Gasteiger partial charge in [0.15, 0.2) is 0 Å². The normalized spacial score (nSPS) is 11.6. The molecule has 0 N–H and O–H groups in total. The van der Waals surface area contributed by atoms with Crippen molar-refractivity contribution < 1.29 is 8.42 Å². The van der Waals surface area contributed by atoms with Gasteiger partial charge in [-0.25, -0.2) is 8.42 Å². The lowest BCUT2D eigenvalue weighted by atomic mass is 10.1. The van der Waals surface area contributed by atoms with Gasteiger partial charge in [0.2, 0.25) is 0 Å². The van der Waals surface area contributed by atoms with E-state index >= 15 is 0 Å². The van der Waals surface area contributed by atoms with Gasteiger partial charge in [0.05, 0.1) is 15.9 Å². The summed E-state index contributed by atoms with van der Waals surface area (Å²) < 4.78 is 30.5. The van der Waals surface area contributed by atoms with E-state index in [0.29, 0.717) is 5.00 Å². The molecule has 0 fully saturated rings. The second-order valence-electron chi connectivity index (χ2n) is 6.47. The van der Waals surface area contributed by atoms with E-state index < -0.39 is 10.0 Å². The molecule has 0 bridgehead atoms. The van der Waals surface area contributed by atoms with E-state index in [0.717, 1.165) is 25.7 Å². The first-order chi connectivity index (χ1) is 13.5. The number of fused-ring (bicyclic) bond motifs is 1. The third-order valence-corrected chi connectivity index (χ3v) is 8.79. The van der Waals surface area contributed by atoms with E-state index in [1.807, 2.05) is 61.5 Å². The van der Waals surface area contributed by atoms with Crippen molar-refractivity contribution in [1.29, 1.82) is 0 Å². The summed E-state index contributed by atoms with van der Waals surface area (Å²) in [6.45, 7) is 2.28. The van der Waals surface area contributed by atoms with Crippen molar-refractivity contribution in [3.05, 3.63) is 94.5 Å². The van der Waals surface area contributed by atoms with Crippen LogP contribution in [-0.2, 0) is 16.6 Å². The summed E-state index contributed by atoms with van der Waals surface area (Å²) >= 11 is 5.13. The average molecular weight is 472 g/mol. The number of hydrogen-bond acceptors (Lipinski definition) is 3. The van der Waals surface area contributed by atoms with Crippen molar-refractivity contribution >= 4 is 52.4 Å². The fourth-order valence-electron chi connectivity index (χ4n) is 3.09. The third-order valence-electron chi connectivity index (χ3n) is 4.65. The molecule has 6 heteroatoms. The van der Waals surface area contributed by atoms with Crippen molar-refractivity contribution in [3.8, 4) is 0 Å². The Morgan fingerprint density at radius 3 is 2.25 bits per heavy atom. The lowest BCUT2D eigenvalue weighted by Gasteiger charge is -2.24. The minimum Gasteiger partial charge on any atom is -0.251 e. The monoisotopic (exact) mass is 471 g/mol. The van der Waals surface area contributed by atoms with Gasteiger partial charge in [0.1, 0.15) is 5.00 Å². The van der Waals surface area contributed by atoms with Crippen LogP contribution in [0.2, 0.25) is 0 Å². The largest absolute Gasteiger partial charge is 0.265 e. The first kappa shape index (κ1) is 19.2. The molecule has 3 nitrogen and oxygen atoms in total. The van der Waals surface area contributed by atoms with Gasteiger partial charge in [0, 0.05) is 10.1 Å². The van der Waals surface area contributed by atoms with Gasteiger partial charge in [0.25, 0.3) is 10.0 Å². The highest BCUT2D eigenvalue weighted by Crippen LogP contribution is 2.44. The van der Waals surface area contributed by atoms with Crippen LogP contribution in [0.3, 0.4) is 0 Å². The number of anilines is 1. The molecule has 0 aliphatic heterocycles. The van der Waals surface area contributed by atoms with Crippen molar-refractivity contribution in [2.75, 3.05) is 4.31 Å². The standard InChI is InChI=1S/C22H18BrNO2S2/c1-16-9-5-6-10-17(16)15-24(28(25,26)18-11-3-2-4-12-18)22-21(23)19-13-7-8-14-20(19)27-22/h2-14H,15H2,1H3. The molecule has 0 aliphatic carbocycles. The zero-order chi connectivity index (χ0) is 19.7. The minimum atomic E-state index is -3.73. The van der Waals surface area contributed by atoms with Crippen molar-refractivity contribution in [3.63, 3.8) is 0 Å². The molecule has 0 aliphatic rings. The second-order valence-corrected chi connectivity index (χ2v) is 10.2. The van der Waals surface area contributed by atoms with Gasteiger partial charge in [-0.1, -0.05) is 60.7 Å². The molecule has 0 unspecified atom stereocenters. The molecule has 0 atom stereocenters. The molecule has 4 rings (SSSR count). The number of benzene rings is 3. The highest BCUT2D eigenvalue weighted by molar-refractivity contribution is 9.10. The summed E-state index contributed by atoms with van der Waals surface area (Å²) in [5, 5.41) is 1.70. The Labute approximate surface area is 177 Å². The van der Waals surface area contributed by atoms with E-state index in [-0.39, 0.29) is 11.4 Å². The summed E-state index contributed by atoms with van der Waals surface area (Å²) in [6, 6.07) is 24.4. The molecule has 1 aromatic heterocycles. The number of aryl methyl sites for hydroxylation is 1. The van der Waals surface area contributed by atoms with Gasteiger partial charge in [-0.15, -0.1) is 11.3 Å². The predicted molar refractivity (Wildman–Crippen MR) is 121 cm³/mol. The zero-order valence-corrected chi connectivity index (χ0v) is 18.4. The molecule has 28 heavy (non-hydrogen) atoms. The Bertz CT molecular complexity index is 1230. The van der Waals surface area contributed by atoms with Crippen LogP contribution in [-0.4, -0.2) is 8.42 Å². The van der Waals surface area contributed by atoms with Gasteiger partial charge >= 0.3 is 0 Å². The van der Waals surface area contributed by atoms with Crippen LogP contribution >= 0.6 is 27.3 Å². The molecule has 142 valence electrons. The average Bonchev–Trinajstić information content (AvgIpc) is 3.04. The van der Waals surface area contributed by atoms with E-state index in [2.05, 4.69) is 15.9 Å². The molecular formula is C22H18BrNO2S2. The molecule has 3 aromatic carbocycles. The van der Waals surface area contributed by atoms with Crippen LogP contribution in [0, 0.1) is 6.92 Å². The molecule has 0 saturated carbocycles. The van der Waals surface area contributed by atoms with E-state index in [9.17, 15) is 8.42 Å². The molecular weight excluding hydrogens is 454 g/mol. The number of hydrogen-bond donors (Lipinski definition) is 0. The van der Waals surface area contributed by atoms with Crippen molar-refractivity contribution in [2.24, 2.45) is 0 Å². The molecule has 0 radical (unpaired) electrons. The summed E-state index contributed by atoms with van der Waals surface area (Å²) in [4.78, 5) is 0.285. The Hall–Kier alpha value is -2.15. The van der Waals surface area contributed by atoms with Gasteiger partial charge in [-0.2, -0.15) is 0 Å². The molecule has 1 heterocycles.